The van der Waals surface area contributed by atoms with Gasteiger partial charge in [0.1, 0.15) is 0 Å². The van der Waals surface area contributed by atoms with Crippen LogP contribution < -0.4 is 5.32 Å². The third-order valence-corrected chi connectivity index (χ3v) is 3.77. The lowest BCUT2D eigenvalue weighted by Gasteiger charge is -2.31. The van der Waals surface area contributed by atoms with E-state index in [9.17, 15) is 8.78 Å². The van der Waals surface area contributed by atoms with Gasteiger partial charge in [0.05, 0.1) is 0 Å². The van der Waals surface area contributed by atoms with Crippen molar-refractivity contribution < 1.29 is 8.78 Å². The topological polar surface area (TPSA) is 12.0 Å². The summed E-state index contributed by atoms with van der Waals surface area (Å²) in [5.41, 5.74) is 0.590. The van der Waals surface area contributed by atoms with Gasteiger partial charge in [0.25, 0.3) is 0 Å². The number of hydrogen-bond donors (Lipinski definition) is 1. The minimum atomic E-state index is -0.816. The van der Waals surface area contributed by atoms with Crippen LogP contribution in [0.5, 0.6) is 0 Å². The monoisotopic (exact) mass is 261 g/mol. The van der Waals surface area contributed by atoms with Gasteiger partial charge < -0.3 is 5.32 Å². The van der Waals surface area contributed by atoms with Crippen LogP contribution >= 0.6 is 11.6 Å². The Bertz CT molecular complexity index is 356. The van der Waals surface area contributed by atoms with Gasteiger partial charge in [-0.1, -0.05) is 19.9 Å². The van der Waals surface area contributed by atoms with E-state index in [1.807, 2.05) is 0 Å². The second kappa shape index (κ2) is 6.31. The van der Waals surface area contributed by atoms with Crippen LogP contribution in [-0.4, -0.2) is 11.4 Å². The minimum absolute atomic E-state index is 0.133. The SMILES string of the molecule is CCC(CC)(CCl)NCc1ccc(F)c(F)c1. The van der Waals surface area contributed by atoms with E-state index >= 15 is 0 Å². The van der Waals surface area contributed by atoms with E-state index in [0.717, 1.165) is 24.5 Å². The fourth-order valence-corrected chi connectivity index (χ4v) is 2.15. The standard InChI is InChI=1S/C13H18ClF2N/c1-3-13(4-2,9-14)17-8-10-5-6-11(15)12(16)7-10/h5-7,17H,3-4,8-9H2,1-2H3. The first-order chi connectivity index (χ1) is 8.06. The number of hydrogen-bond acceptors (Lipinski definition) is 1. The molecule has 4 heteroatoms. The summed E-state index contributed by atoms with van der Waals surface area (Å²) in [4.78, 5) is 0. The van der Waals surface area contributed by atoms with Crippen LogP contribution in [0.2, 0.25) is 0 Å². The molecule has 1 rings (SSSR count). The Balaban J connectivity index is 2.68. The maximum absolute atomic E-state index is 13.0. The van der Waals surface area contributed by atoms with Crippen LogP contribution in [0.15, 0.2) is 18.2 Å². The van der Waals surface area contributed by atoms with Gasteiger partial charge in [-0.3, -0.25) is 0 Å². The molecule has 0 radical (unpaired) electrons. The highest BCUT2D eigenvalue weighted by Crippen LogP contribution is 2.18. The van der Waals surface area contributed by atoms with Crippen molar-refractivity contribution in [3.8, 4) is 0 Å². The van der Waals surface area contributed by atoms with Gasteiger partial charge in [0.2, 0.25) is 0 Å². The van der Waals surface area contributed by atoms with E-state index in [4.69, 9.17) is 11.6 Å². The molecule has 0 saturated heterocycles. The van der Waals surface area contributed by atoms with Gasteiger partial charge in [0.15, 0.2) is 11.6 Å². The third-order valence-electron chi connectivity index (χ3n) is 3.26. The molecule has 96 valence electrons. The average molecular weight is 262 g/mol. The summed E-state index contributed by atoms with van der Waals surface area (Å²) < 4.78 is 25.8. The van der Waals surface area contributed by atoms with Crippen molar-refractivity contribution in [2.45, 2.75) is 38.8 Å². The highest BCUT2D eigenvalue weighted by molar-refractivity contribution is 6.18. The van der Waals surface area contributed by atoms with E-state index in [2.05, 4.69) is 19.2 Å². The number of benzene rings is 1. The Morgan fingerprint density at radius 1 is 1.18 bits per heavy atom. The molecule has 0 aliphatic heterocycles. The zero-order chi connectivity index (χ0) is 12.9. The third kappa shape index (κ3) is 3.65. The first-order valence-corrected chi connectivity index (χ1v) is 6.35. The molecule has 17 heavy (non-hydrogen) atoms. The molecule has 1 N–H and O–H groups in total. The predicted molar refractivity (Wildman–Crippen MR) is 67.2 cm³/mol. The van der Waals surface area contributed by atoms with Crippen LogP contribution in [0.3, 0.4) is 0 Å². The van der Waals surface area contributed by atoms with Crippen molar-refractivity contribution in [2.75, 3.05) is 5.88 Å². The van der Waals surface area contributed by atoms with Crippen LogP contribution in [0.25, 0.3) is 0 Å². The quantitative estimate of drug-likeness (QED) is 0.767. The van der Waals surface area contributed by atoms with Gasteiger partial charge in [-0.05, 0) is 30.5 Å². The summed E-state index contributed by atoms with van der Waals surface area (Å²) in [5.74, 6) is -1.12. The first kappa shape index (κ1) is 14.4. The Morgan fingerprint density at radius 3 is 2.29 bits per heavy atom. The molecule has 0 bridgehead atoms. The summed E-state index contributed by atoms with van der Waals surface area (Å²) in [7, 11) is 0. The van der Waals surface area contributed by atoms with Crippen molar-refractivity contribution in [1.29, 1.82) is 0 Å². The first-order valence-electron chi connectivity index (χ1n) is 5.82. The van der Waals surface area contributed by atoms with E-state index in [1.54, 1.807) is 6.07 Å². The van der Waals surface area contributed by atoms with Crippen LogP contribution in [0, 0.1) is 11.6 Å². The number of rotatable bonds is 6. The Hall–Kier alpha value is -0.670. The second-order valence-electron chi connectivity index (χ2n) is 4.22. The Morgan fingerprint density at radius 2 is 1.82 bits per heavy atom. The van der Waals surface area contributed by atoms with Crippen LogP contribution in [0.4, 0.5) is 8.78 Å². The van der Waals surface area contributed by atoms with E-state index in [0.29, 0.717) is 12.4 Å². The summed E-state index contributed by atoms with van der Waals surface area (Å²) in [5, 5.41) is 3.32. The summed E-state index contributed by atoms with van der Waals surface area (Å²) in [6, 6.07) is 3.94. The van der Waals surface area contributed by atoms with Crippen molar-refractivity contribution in [1.82, 2.24) is 5.32 Å². The molecule has 1 nitrogen and oxygen atoms in total. The van der Waals surface area contributed by atoms with E-state index < -0.39 is 11.6 Å². The molecule has 0 aliphatic rings. The summed E-state index contributed by atoms with van der Waals surface area (Å²) >= 11 is 5.95. The number of nitrogens with one attached hydrogen (secondary N) is 1. The molecule has 0 aliphatic carbocycles. The molecular weight excluding hydrogens is 244 g/mol. The fraction of sp³-hybridized carbons (Fsp3) is 0.538. The molecule has 0 aromatic heterocycles. The lowest BCUT2D eigenvalue weighted by molar-refractivity contribution is 0.334. The molecule has 1 aromatic rings. The van der Waals surface area contributed by atoms with Crippen LogP contribution in [0.1, 0.15) is 32.3 Å². The molecule has 0 spiro atoms. The Labute approximate surface area is 106 Å². The highest BCUT2D eigenvalue weighted by Gasteiger charge is 2.23. The predicted octanol–water partition coefficient (Wildman–Crippen LogP) is 3.85. The molecule has 0 fully saturated rings. The zero-order valence-electron chi connectivity index (χ0n) is 10.2. The van der Waals surface area contributed by atoms with Crippen molar-refractivity contribution >= 4 is 11.6 Å². The normalized spacial score (nSPS) is 11.8. The minimum Gasteiger partial charge on any atom is -0.306 e. The molecule has 0 amide bonds. The van der Waals surface area contributed by atoms with Gasteiger partial charge in [-0.2, -0.15) is 0 Å². The van der Waals surface area contributed by atoms with Crippen molar-refractivity contribution in [3.63, 3.8) is 0 Å². The number of alkyl halides is 1. The van der Waals surface area contributed by atoms with Gasteiger partial charge in [-0.25, -0.2) is 8.78 Å². The smallest absolute Gasteiger partial charge is 0.159 e. The molecule has 0 heterocycles. The van der Waals surface area contributed by atoms with Gasteiger partial charge >= 0.3 is 0 Å². The van der Waals surface area contributed by atoms with Gasteiger partial charge in [0, 0.05) is 18.0 Å². The second-order valence-corrected chi connectivity index (χ2v) is 4.49. The maximum atomic E-state index is 13.0. The van der Waals surface area contributed by atoms with E-state index in [-0.39, 0.29) is 5.54 Å². The molecular formula is C13H18ClF2N. The average Bonchev–Trinajstić information content (AvgIpc) is 2.36. The van der Waals surface area contributed by atoms with E-state index in [1.165, 1.54) is 6.07 Å². The maximum Gasteiger partial charge on any atom is 0.159 e. The van der Waals surface area contributed by atoms with Crippen molar-refractivity contribution in [3.05, 3.63) is 35.4 Å². The highest BCUT2D eigenvalue weighted by atomic mass is 35.5. The molecule has 0 saturated carbocycles. The summed E-state index contributed by atoms with van der Waals surface area (Å²) in [6.45, 7) is 4.61. The zero-order valence-corrected chi connectivity index (χ0v) is 11.0. The molecule has 0 unspecified atom stereocenters. The fourth-order valence-electron chi connectivity index (χ4n) is 1.68. The lowest BCUT2D eigenvalue weighted by Crippen LogP contribution is -2.45. The molecule has 0 atom stereocenters. The Kier molecular flexibility index (Phi) is 5.34. The summed E-state index contributed by atoms with van der Waals surface area (Å²) in [6.07, 6.45) is 1.80. The van der Waals surface area contributed by atoms with Crippen LogP contribution in [-0.2, 0) is 6.54 Å². The largest absolute Gasteiger partial charge is 0.306 e. The lowest BCUT2D eigenvalue weighted by atomic mass is 9.95. The number of halogens is 3. The van der Waals surface area contributed by atoms with Gasteiger partial charge in [-0.15, -0.1) is 11.6 Å². The van der Waals surface area contributed by atoms with Crippen molar-refractivity contribution in [2.24, 2.45) is 0 Å². The molecule has 1 aromatic carbocycles.